The zero-order valence-corrected chi connectivity index (χ0v) is 13.0. The molecule has 0 aliphatic carbocycles. The van der Waals surface area contributed by atoms with Gasteiger partial charge in [0.25, 0.3) is 0 Å². The lowest BCUT2D eigenvalue weighted by atomic mass is 9.95. The van der Waals surface area contributed by atoms with E-state index in [1.807, 2.05) is 6.92 Å². The van der Waals surface area contributed by atoms with E-state index in [4.69, 9.17) is 21.1 Å². The first kappa shape index (κ1) is 15.3. The Hall–Kier alpha value is -1.14. The molecule has 7 heteroatoms. The summed E-state index contributed by atoms with van der Waals surface area (Å²) in [6, 6.07) is 0.284. The maximum Gasteiger partial charge on any atom is 0.322 e. The van der Waals surface area contributed by atoms with Crippen molar-refractivity contribution in [1.29, 1.82) is 0 Å². The van der Waals surface area contributed by atoms with Gasteiger partial charge in [-0.15, -0.1) is 0 Å². The Morgan fingerprint density at radius 1 is 1.35 bits per heavy atom. The van der Waals surface area contributed by atoms with Crippen molar-refractivity contribution in [3.8, 4) is 6.01 Å². The molecule has 0 bridgehead atoms. The van der Waals surface area contributed by atoms with E-state index >= 15 is 0 Å². The van der Waals surface area contributed by atoms with Gasteiger partial charge in [0.05, 0.1) is 12.2 Å². The quantitative estimate of drug-likeness (QED) is 0.831. The molecule has 1 aromatic heterocycles. The number of anilines is 1. The van der Waals surface area contributed by atoms with Crippen LogP contribution in [0.4, 0.5) is 5.95 Å². The molecule has 0 amide bonds. The van der Waals surface area contributed by atoms with Gasteiger partial charge in [0.15, 0.2) is 0 Å². The van der Waals surface area contributed by atoms with Crippen molar-refractivity contribution in [3.63, 3.8) is 0 Å². The molecule has 1 aliphatic rings. The summed E-state index contributed by atoms with van der Waals surface area (Å²) in [6.07, 6.45) is 2.95. The van der Waals surface area contributed by atoms with E-state index in [-0.39, 0.29) is 16.9 Å². The molecule has 2 heterocycles. The summed E-state index contributed by atoms with van der Waals surface area (Å²) in [5.74, 6) is 0.555. The SMILES string of the molecule is CCCOc1nc(Cl)nc(N2CCCC(C)(OC)C2)n1. The van der Waals surface area contributed by atoms with E-state index in [0.29, 0.717) is 12.6 Å². The highest BCUT2D eigenvalue weighted by Crippen LogP contribution is 2.27. The Bertz CT molecular complexity index is 460. The Morgan fingerprint density at radius 2 is 2.15 bits per heavy atom. The fourth-order valence-corrected chi connectivity index (χ4v) is 2.41. The maximum absolute atomic E-state index is 5.95. The molecule has 20 heavy (non-hydrogen) atoms. The molecule has 0 saturated carbocycles. The van der Waals surface area contributed by atoms with Gasteiger partial charge in [-0.3, -0.25) is 0 Å². The lowest BCUT2D eigenvalue weighted by Gasteiger charge is -2.39. The van der Waals surface area contributed by atoms with Crippen molar-refractivity contribution in [3.05, 3.63) is 5.28 Å². The van der Waals surface area contributed by atoms with Crippen LogP contribution < -0.4 is 9.64 Å². The standard InChI is InChI=1S/C13H21ClN4O2/c1-4-8-20-12-16-10(14)15-11(17-12)18-7-5-6-13(2,9-18)19-3/h4-9H2,1-3H3. The molecular formula is C13H21ClN4O2. The van der Waals surface area contributed by atoms with Gasteiger partial charge in [-0.25, -0.2) is 0 Å². The highest BCUT2D eigenvalue weighted by atomic mass is 35.5. The molecule has 1 fully saturated rings. The maximum atomic E-state index is 5.95. The number of methoxy groups -OCH3 is 1. The van der Waals surface area contributed by atoms with Gasteiger partial charge in [0.1, 0.15) is 0 Å². The number of aromatic nitrogens is 3. The number of halogens is 1. The third-order valence-corrected chi connectivity index (χ3v) is 3.61. The van der Waals surface area contributed by atoms with Crippen LogP contribution in [0.15, 0.2) is 0 Å². The lowest BCUT2D eigenvalue weighted by molar-refractivity contribution is -0.00502. The molecule has 0 radical (unpaired) electrons. The van der Waals surface area contributed by atoms with E-state index in [2.05, 4.69) is 26.8 Å². The van der Waals surface area contributed by atoms with Crippen molar-refractivity contribution >= 4 is 17.5 Å². The Morgan fingerprint density at radius 3 is 2.85 bits per heavy atom. The number of ether oxygens (including phenoxy) is 2. The first-order chi connectivity index (χ1) is 9.56. The summed E-state index contributed by atoms with van der Waals surface area (Å²) < 4.78 is 11.0. The van der Waals surface area contributed by atoms with Crippen LogP contribution >= 0.6 is 11.6 Å². The second-order valence-corrected chi connectivity index (χ2v) is 5.55. The van der Waals surface area contributed by atoms with E-state index < -0.39 is 0 Å². The summed E-state index contributed by atoms with van der Waals surface area (Å²) in [4.78, 5) is 14.6. The highest BCUT2D eigenvalue weighted by molar-refractivity contribution is 6.28. The Kier molecular flexibility index (Phi) is 4.99. The molecule has 0 aromatic carbocycles. The fraction of sp³-hybridized carbons (Fsp3) is 0.769. The van der Waals surface area contributed by atoms with Gasteiger partial charge in [-0.05, 0) is 37.8 Å². The van der Waals surface area contributed by atoms with Crippen LogP contribution in [0.5, 0.6) is 6.01 Å². The lowest BCUT2D eigenvalue weighted by Crippen LogP contribution is -2.48. The van der Waals surface area contributed by atoms with Gasteiger partial charge in [-0.2, -0.15) is 15.0 Å². The molecule has 1 saturated heterocycles. The van der Waals surface area contributed by atoms with Crippen molar-refractivity contribution < 1.29 is 9.47 Å². The predicted molar refractivity (Wildman–Crippen MR) is 77.5 cm³/mol. The third-order valence-electron chi connectivity index (χ3n) is 3.45. The number of hydrogen-bond donors (Lipinski definition) is 0. The first-order valence-corrected chi connectivity index (χ1v) is 7.28. The van der Waals surface area contributed by atoms with Gasteiger partial charge >= 0.3 is 6.01 Å². The zero-order valence-electron chi connectivity index (χ0n) is 12.2. The van der Waals surface area contributed by atoms with Crippen LogP contribution in [0.3, 0.4) is 0 Å². The molecule has 112 valence electrons. The summed E-state index contributed by atoms with van der Waals surface area (Å²) >= 11 is 5.95. The van der Waals surface area contributed by atoms with Gasteiger partial charge < -0.3 is 14.4 Å². The average molecular weight is 301 g/mol. The molecule has 1 aliphatic heterocycles. The second-order valence-electron chi connectivity index (χ2n) is 5.21. The summed E-state index contributed by atoms with van der Waals surface area (Å²) in [7, 11) is 1.74. The van der Waals surface area contributed by atoms with Gasteiger partial charge in [0.2, 0.25) is 11.2 Å². The number of nitrogens with zero attached hydrogens (tertiary/aromatic N) is 4. The molecule has 6 nitrogen and oxygen atoms in total. The van der Waals surface area contributed by atoms with Crippen LogP contribution in [-0.4, -0.2) is 47.4 Å². The van der Waals surface area contributed by atoms with Crippen molar-refractivity contribution in [1.82, 2.24) is 15.0 Å². The summed E-state index contributed by atoms with van der Waals surface area (Å²) in [5, 5.41) is 0.158. The van der Waals surface area contributed by atoms with E-state index in [1.54, 1.807) is 7.11 Å². The molecule has 0 spiro atoms. The smallest absolute Gasteiger partial charge is 0.322 e. The first-order valence-electron chi connectivity index (χ1n) is 6.91. The normalized spacial score (nSPS) is 22.9. The zero-order chi connectivity index (χ0) is 14.6. The van der Waals surface area contributed by atoms with E-state index in [9.17, 15) is 0 Å². The highest BCUT2D eigenvalue weighted by Gasteiger charge is 2.32. The fourth-order valence-electron chi connectivity index (χ4n) is 2.26. The largest absolute Gasteiger partial charge is 0.463 e. The molecule has 1 aromatic rings. The molecule has 2 rings (SSSR count). The molecule has 1 atom stereocenters. The third kappa shape index (κ3) is 3.70. The monoisotopic (exact) mass is 300 g/mol. The molecule has 0 N–H and O–H groups in total. The molecule has 1 unspecified atom stereocenters. The predicted octanol–water partition coefficient (Wildman–Crippen LogP) is 2.32. The van der Waals surface area contributed by atoms with Crippen molar-refractivity contribution in [2.75, 3.05) is 31.7 Å². The number of piperidine rings is 1. The number of hydrogen-bond acceptors (Lipinski definition) is 6. The van der Waals surface area contributed by atoms with Crippen LogP contribution in [0.2, 0.25) is 5.28 Å². The summed E-state index contributed by atoms with van der Waals surface area (Å²) in [5.41, 5.74) is -0.179. The van der Waals surface area contributed by atoms with Crippen LogP contribution in [0.25, 0.3) is 0 Å². The van der Waals surface area contributed by atoms with Gasteiger partial charge in [0, 0.05) is 20.2 Å². The van der Waals surface area contributed by atoms with Gasteiger partial charge in [-0.1, -0.05) is 6.92 Å². The minimum absolute atomic E-state index is 0.158. The Balaban J connectivity index is 2.16. The van der Waals surface area contributed by atoms with E-state index in [1.165, 1.54) is 0 Å². The van der Waals surface area contributed by atoms with Crippen molar-refractivity contribution in [2.24, 2.45) is 0 Å². The topological polar surface area (TPSA) is 60.4 Å². The van der Waals surface area contributed by atoms with Crippen LogP contribution in [-0.2, 0) is 4.74 Å². The number of rotatable bonds is 5. The second kappa shape index (κ2) is 6.54. The van der Waals surface area contributed by atoms with Crippen LogP contribution in [0.1, 0.15) is 33.1 Å². The average Bonchev–Trinajstić information content (AvgIpc) is 2.44. The molecular weight excluding hydrogens is 280 g/mol. The van der Waals surface area contributed by atoms with Crippen molar-refractivity contribution in [2.45, 2.75) is 38.7 Å². The minimum atomic E-state index is -0.179. The van der Waals surface area contributed by atoms with E-state index in [0.717, 1.165) is 32.4 Å². The summed E-state index contributed by atoms with van der Waals surface area (Å²) in [6.45, 7) is 6.30. The minimum Gasteiger partial charge on any atom is -0.463 e. The van der Waals surface area contributed by atoms with Crippen LogP contribution in [0, 0.1) is 0 Å². The Labute approximate surface area is 124 Å².